The van der Waals surface area contributed by atoms with Crippen LogP contribution in [0.3, 0.4) is 0 Å². The zero-order valence-corrected chi connectivity index (χ0v) is 32.9. The summed E-state index contributed by atoms with van der Waals surface area (Å²) >= 11 is 1.36. The van der Waals surface area contributed by atoms with Crippen molar-refractivity contribution in [2.24, 2.45) is 27.6 Å². The van der Waals surface area contributed by atoms with Crippen molar-refractivity contribution >= 4 is 37.3 Å². The average molecular weight is 701 g/mol. The van der Waals surface area contributed by atoms with Gasteiger partial charge in [0, 0.05) is 0 Å². The van der Waals surface area contributed by atoms with Gasteiger partial charge in [0.05, 0.1) is 0 Å². The van der Waals surface area contributed by atoms with Gasteiger partial charge < -0.3 is 13.8 Å². The van der Waals surface area contributed by atoms with Gasteiger partial charge in [-0.15, -0.1) is 38.2 Å². The Balaban J connectivity index is 0.00000113. The topological polar surface area (TPSA) is 0 Å². The van der Waals surface area contributed by atoms with Crippen LogP contribution in [0.5, 0.6) is 0 Å². The SMILES string of the molecule is C[C-]1C2=C3Cc4ccccc4C3=C3C=CCCC3C2(C)C(C)(C)C(C)(C)C1(C)C.Cl.Cl.[C-]1=CC=CC1.[CH2-]C.[CH2-]C.[Si]=[Zr]. The molecule has 1 aromatic rings. The van der Waals surface area contributed by atoms with Gasteiger partial charge >= 0.3 is 30.2 Å². The second kappa shape index (κ2) is 16.7. The van der Waals surface area contributed by atoms with Crippen molar-refractivity contribution in [1.82, 2.24) is 0 Å². The Morgan fingerprint density at radius 2 is 1.50 bits per heavy atom. The van der Waals surface area contributed by atoms with E-state index in [9.17, 15) is 0 Å². The molecule has 2 radical (unpaired) electrons. The molecule has 0 bridgehead atoms. The van der Waals surface area contributed by atoms with Crippen molar-refractivity contribution in [3.05, 3.63) is 108 Å². The van der Waals surface area contributed by atoms with Crippen molar-refractivity contribution in [1.29, 1.82) is 0 Å². The molecule has 1 aromatic carbocycles. The number of hydrogen-bond donors (Lipinski definition) is 0. The molecule has 2 atom stereocenters. The third kappa shape index (κ3) is 6.41. The van der Waals surface area contributed by atoms with Crippen LogP contribution in [0, 0.1) is 53.4 Å². The molecule has 0 N–H and O–H groups in total. The summed E-state index contributed by atoms with van der Waals surface area (Å²) in [7, 11) is 0. The number of halogens is 2. The Morgan fingerprint density at radius 3 is 2.02 bits per heavy atom. The number of rotatable bonds is 0. The molecule has 0 nitrogen and oxygen atoms in total. The van der Waals surface area contributed by atoms with E-state index < -0.39 is 0 Å². The van der Waals surface area contributed by atoms with Gasteiger partial charge in [-0.05, 0) is 40.6 Å². The Kier molecular flexibility index (Phi) is 16.5. The molecule has 0 aromatic heterocycles. The van der Waals surface area contributed by atoms with Gasteiger partial charge in [0.1, 0.15) is 0 Å². The van der Waals surface area contributed by atoms with Crippen molar-refractivity contribution in [2.45, 2.75) is 94.9 Å². The predicted molar refractivity (Wildman–Crippen MR) is 188 cm³/mol. The average Bonchev–Trinajstić information content (AvgIpc) is 3.68. The second-order valence-corrected chi connectivity index (χ2v) is 12.8. The Labute approximate surface area is 289 Å². The maximum absolute atomic E-state index is 3.25. The van der Waals surface area contributed by atoms with E-state index in [1.54, 1.807) is 42.1 Å². The molecule has 1 fully saturated rings. The fraction of sp³-hybridized carbons (Fsp3) is 0.500. The predicted octanol–water partition coefficient (Wildman–Crippen LogP) is 11.4. The molecule has 42 heavy (non-hydrogen) atoms. The van der Waals surface area contributed by atoms with E-state index in [1.165, 1.54) is 47.3 Å². The van der Waals surface area contributed by atoms with E-state index in [0.29, 0.717) is 5.92 Å². The van der Waals surface area contributed by atoms with Gasteiger partial charge in [-0.2, -0.15) is 31.1 Å². The number of hydrogen-bond acceptors (Lipinski definition) is 0. The molecular formula is C38H54Cl2SiZr-4. The number of allylic oxidation sites excluding steroid dienone is 10. The molecule has 232 valence electrons. The molecule has 5 aliphatic rings. The van der Waals surface area contributed by atoms with Crippen molar-refractivity contribution < 1.29 is 23.3 Å². The Morgan fingerprint density at radius 1 is 0.905 bits per heavy atom. The van der Waals surface area contributed by atoms with Crippen LogP contribution < -0.4 is 0 Å². The second-order valence-electron chi connectivity index (χ2n) is 12.8. The van der Waals surface area contributed by atoms with E-state index in [2.05, 4.69) is 125 Å². The third-order valence-corrected chi connectivity index (χ3v) is 11.4. The first-order valence-corrected chi connectivity index (χ1v) is 19.1. The van der Waals surface area contributed by atoms with E-state index >= 15 is 0 Å². The third-order valence-electron chi connectivity index (χ3n) is 11.4. The van der Waals surface area contributed by atoms with Gasteiger partial charge in [0.2, 0.25) is 0 Å². The van der Waals surface area contributed by atoms with Crippen LogP contribution in [0.1, 0.15) is 99.6 Å². The molecule has 1 saturated carbocycles. The molecule has 5 aliphatic carbocycles. The van der Waals surface area contributed by atoms with Crippen molar-refractivity contribution in [2.75, 3.05) is 0 Å². The molecule has 6 rings (SSSR count). The van der Waals surface area contributed by atoms with Gasteiger partial charge in [-0.3, -0.25) is 6.08 Å². The van der Waals surface area contributed by atoms with Gasteiger partial charge in [-0.1, -0.05) is 113 Å². The van der Waals surface area contributed by atoms with Crippen LogP contribution in [-0.2, 0) is 29.8 Å². The molecule has 0 heterocycles. The van der Waals surface area contributed by atoms with E-state index in [0.717, 1.165) is 12.8 Å². The Bertz CT molecular complexity index is 1190. The molecule has 4 heteroatoms. The van der Waals surface area contributed by atoms with E-state index in [-0.39, 0.29) is 46.5 Å². The first-order chi connectivity index (χ1) is 19.0. The fourth-order valence-electron chi connectivity index (χ4n) is 7.91. The van der Waals surface area contributed by atoms with Crippen LogP contribution in [0.25, 0.3) is 5.57 Å². The monoisotopic (exact) mass is 698 g/mol. The van der Waals surface area contributed by atoms with Crippen molar-refractivity contribution in [3.8, 4) is 0 Å². The van der Waals surface area contributed by atoms with Crippen LogP contribution in [0.4, 0.5) is 0 Å². The van der Waals surface area contributed by atoms with Crippen LogP contribution >= 0.6 is 24.8 Å². The van der Waals surface area contributed by atoms with Crippen molar-refractivity contribution in [3.63, 3.8) is 0 Å². The summed E-state index contributed by atoms with van der Waals surface area (Å²) < 4.78 is 0. The zero-order chi connectivity index (χ0) is 30.5. The van der Waals surface area contributed by atoms with Gasteiger partial charge in [0.15, 0.2) is 0 Å². The summed E-state index contributed by atoms with van der Waals surface area (Å²) in [5.74, 6) is 2.24. The van der Waals surface area contributed by atoms with Crippen LogP contribution in [-0.4, -0.2) is 6.88 Å². The summed E-state index contributed by atoms with van der Waals surface area (Å²) in [6.45, 7) is 33.4. The minimum absolute atomic E-state index is 0. The first kappa shape index (κ1) is 41.5. The quantitative estimate of drug-likeness (QED) is 0.187. The zero-order valence-electron chi connectivity index (χ0n) is 27.8. The summed E-state index contributed by atoms with van der Waals surface area (Å²) in [6.07, 6.45) is 18.5. The molecule has 0 saturated heterocycles. The maximum atomic E-state index is 3.25. The van der Waals surface area contributed by atoms with Gasteiger partial charge in [0.25, 0.3) is 0 Å². The molecule has 0 aliphatic heterocycles. The van der Waals surface area contributed by atoms with Crippen LogP contribution in [0.15, 0.2) is 71.4 Å². The molecule has 2 unspecified atom stereocenters. The normalized spacial score (nSPS) is 25.4. The van der Waals surface area contributed by atoms with E-state index in [1.807, 2.05) is 12.2 Å². The first-order valence-electron chi connectivity index (χ1n) is 14.9. The summed E-state index contributed by atoms with van der Waals surface area (Å²) in [6, 6.07) is 9.16. The number of fused-ring (bicyclic) bond motifs is 6. The summed E-state index contributed by atoms with van der Waals surface area (Å²) in [4.78, 5) is 0. The number of benzene rings is 1. The summed E-state index contributed by atoms with van der Waals surface area (Å²) in [5.41, 5.74) is 10.3. The molecular weight excluding hydrogens is 647 g/mol. The van der Waals surface area contributed by atoms with Crippen LogP contribution in [0.2, 0.25) is 0 Å². The standard InChI is InChI=1S/C29H37.C5H5.2C2H5.2ClH.Si.Zr/c1-18-25-22-17-19-13-9-10-14-20(19)24(22)21-15-11-12-16-23(21)29(25,8)28(6,7)27(4,5)26(18,2)3;1-2-4-5-3-1;2*1-2;;;;/h9-11,13-15,23H,12,16-17H2,1-8H3;1-3H,4H2;2*1H2,2H3;2*1H;;/q4*-1;;;;. The molecule has 0 amide bonds. The minimum atomic E-state index is 0. The molecule has 0 spiro atoms. The summed E-state index contributed by atoms with van der Waals surface area (Å²) in [5, 5.41) is 0. The van der Waals surface area contributed by atoms with Gasteiger partial charge in [-0.25, -0.2) is 18.1 Å². The van der Waals surface area contributed by atoms with E-state index in [4.69, 9.17) is 0 Å². The Hall–Kier alpha value is -0.530. The fourth-order valence-corrected chi connectivity index (χ4v) is 7.91.